The zero-order chi connectivity index (χ0) is 14.5. The smallest absolute Gasteiger partial charge is 0.272 e. The third-order valence-electron chi connectivity index (χ3n) is 2.83. The zero-order valence-electron chi connectivity index (χ0n) is 10.5. The number of rotatable bonds is 5. The number of hydrogen-bond donors (Lipinski definition) is 1. The summed E-state index contributed by atoms with van der Waals surface area (Å²) >= 11 is 9.33. The van der Waals surface area contributed by atoms with Crippen LogP contribution in [-0.4, -0.2) is 11.5 Å². The van der Waals surface area contributed by atoms with Crippen molar-refractivity contribution in [2.45, 2.75) is 6.42 Å². The molecule has 0 amide bonds. The van der Waals surface area contributed by atoms with Gasteiger partial charge >= 0.3 is 0 Å². The van der Waals surface area contributed by atoms with Crippen molar-refractivity contribution in [3.63, 3.8) is 0 Å². The molecule has 0 heterocycles. The third kappa shape index (κ3) is 3.71. The van der Waals surface area contributed by atoms with Gasteiger partial charge in [-0.25, -0.2) is 0 Å². The lowest BCUT2D eigenvalue weighted by molar-refractivity contribution is -0.385. The molecule has 2 aromatic carbocycles. The molecule has 0 bridgehead atoms. The van der Waals surface area contributed by atoms with Crippen LogP contribution < -0.4 is 5.32 Å². The maximum Gasteiger partial charge on any atom is 0.272 e. The molecule has 0 atom stereocenters. The highest BCUT2D eigenvalue weighted by molar-refractivity contribution is 9.10. The lowest BCUT2D eigenvalue weighted by Crippen LogP contribution is -2.06. The van der Waals surface area contributed by atoms with E-state index in [1.807, 2.05) is 18.2 Å². The molecule has 0 aliphatic heterocycles. The normalized spacial score (nSPS) is 10.3. The second kappa shape index (κ2) is 6.72. The zero-order valence-corrected chi connectivity index (χ0v) is 12.8. The van der Waals surface area contributed by atoms with E-state index in [0.717, 1.165) is 10.2 Å². The van der Waals surface area contributed by atoms with Gasteiger partial charge in [-0.15, -0.1) is 0 Å². The monoisotopic (exact) mass is 354 g/mol. The van der Waals surface area contributed by atoms with E-state index in [0.29, 0.717) is 23.6 Å². The van der Waals surface area contributed by atoms with E-state index in [1.54, 1.807) is 18.2 Å². The maximum absolute atomic E-state index is 10.9. The second-order valence-electron chi connectivity index (χ2n) is 4.19. The van der Waals surface area contributed by atoms with Crippen LogP contribution in [0.15, 0.2) is 46.9 Å². The van der Waals surface area contributed by atoms with Gasteiger partial charge in [0.1, 0.15) is 0 Å². The van der Waals surface area contributed by atoms with Crippen molar-refractivity contribution in [3.05, 3.63) is 67.6 Å². The molecule has 104 valence electrons. The van der Waals surface area contributed by atoms with Gasteiger partial charge in [-0.1, -0.05) is 29.8 Å². The molecule has 0 radical (unpaired) electrons. The van der Waals surface area contributed by atoms with Crippen molar-refractivity contribution in [1.29, 1.82) is 0 Å². The van der Waals surface area contributed by atoms with Gasteiger partial charge in [0, 0.05) is 28.3 Å². The molecule has 0 spiro atoms. The summed E-state index contributed by atoms with van der Waals surface area (Å²) < 4.78 is 0.836. The van der Waals surface area contributed by atoms with Gasteiger partial charge < -0.3 is 5.32 Å². The molecule has 4 nitrogen and oxygen atoms in total. The van der Waals surface area contributed by atoms with Gasteiger partial charge in [-0.05, 0) is 40.5 Å². The van der Waals surface area contributed by atoms with Gasteiger partial charge in [-0.3, -0.25) is 10.1 Å². The molecule has 0 saturated carbocycles. The fourth-order valence-electron chi connectivity index (χ4n) is 1.85. The quantitative estimate of drug-likeness (QED) is 0.626. The standard InChI is InChI=1S/C14H12BrClN2O2/c15-12-6-5-11(9-13(12)16)17-8-7-10-3-1-2-4-14(10)18(19)20/h1-6,9,17H,7-8H2. The van der Waals surface area contributed by atoms with E-state index in [1.165, 1.54) is 6.07 Å². The van der Waals surface area contributed by atoms with Gasteiger partial charge in [-0.2, -0.15) is 0 Å². The van der Waals surface area contributed by atoms with Crippen LogP contribution in [-0.2, 0) is 6.42 Å². The van der Waals surface area contributed by atoms with Crippen LogP contribution in [0, 0.1) is 10.1 Å². The number of nitro benzene ring substituents is 1. The first-order valence-corrected chi connectivity index (χ1v) is 7.16. The fraction of sp³-hybridized carbons (Fsp3) is 0.143. The molecule has 0 aliphatic rings. The van der Waals surface area contributed by atoms with Gasteiger partial charge in [0.25, 0.3) is 5.69 Å². The highest BCUT2D eigenvalue weighted by Crippen LogP contribution is 2.25. The topological polar surface area (TPSA) is 55.2 Å². The van der Waals surface area contributed by atoms with Crippen LogP contribution in [0.2, 0.25) is 5.02 Å². The number of anilines is 1. The molecule has 0 aliphatic carbocycles. The Bertz CT molecular complexity index is 634. The summed E-state index contributed by atoms with van der Waals surface area (Å²) in [4.78, 5) is 10.5. The Morgan fingerprint density at radius 1 is 1.25 bits per heavy atom. The molecular weight excluding hydrogens is 344 g/mol. The Labute approximate surface area is 130 Å². The first-order valence-electron chi connectivity index (χ1n) is 5.99. The summed E-state index contributed by atoms with van der Waals surface area (Å²) in [5.74, 6) is 0. The van der Waals surface area contributed by atoms with Crippen LogP contribution in [0.5, 0.6) is 0 Å². The number of nitrogens with zero attached hydrogens (tertiary/aromatic N) is 1. The first kappa shape index (κ1) is 14.8. The first-order chi connectivity index (χ1) is 9.58. The average Bonchev–Trinajstić information content (AvgIpc) is 2.43. The Kier molecular flexibility index (Phi) is 4.98. The second-order valence-corrected chi connectivity index (χ2v) is 5.45. The molecule has 20 heavy (non-hydrogen) atoms. The van der Waals surface area contributed by atoms with Crippen molar-refractivity contribution < 1.29 is 4.92 Å². The van der Waals surface area contributed by atoms with Crippen LogP contribution in [0.3, 0.4) is 0 Å². The van der Waals surface area contributed by atoms with Gasteiger partial charge in [0.15, 0.2) is 0 Å². The number of hydrogen-bond acceptors (Lipinski definition) is 3. The largest absolute Gasteiger partial charge is 0.385 e. The number of benzene rings is 2. The van der Waals surface area contributed by atoms with Crippen LogP contribution >= 0.6 is 27.5 Å². The van der Waals surface area contributed by atoms with Crippen molar-refractivity contribution >= 4 is 38.9 Å². The minimum atomic E-state index is -0.355. The summed E-state index contributed by atoms with van der Waals surface area (Å²) in [6, 6.07) is 12.3. The van der Waals surface area contributed by atoms with Crippen molar-refractivity contribution in [3.8, 4) is 0 Å². The average molecular weight is 356 g/mol. The Morgan fingerprint density at radius 2 is 2.00 bits per heavy atom. The Hall–Kier alpha value is -1.59. The summed E-state index contributed by atoms with van der Waals surface area (Å²) in [7, 11) is 0. The fourth-order valence-corrected chi connectivity index (χ4v) is 2.28. The molecule has 6 heteroatoms. The Morgan fingerprint density at radius 3 is 2.70 bits per heavy atom. The highest BCUT2D eigenvalue weighted by Gasteiger charge is 2.11. The lowest BCUT2D eigenvalue weighted by Gasteiger charge is -2.08. The molecule has 0 unspecified atom stereocenters. The van der Waals surface area contributed by atoms with Crippen LogP contribution in [0.4, 0.5) is 11.4 Å². The van der Waals surface area contributed by atoms with Crippen molar-refractivity contribution in [2.75, 3.05) is 11.9 Å². The lowest BCUT2D eigenvalue weighted by atomic mass is 10.1. The number of nitro groups is 1. The van der Waals surface area contributed by atoms with Gasteiger partial charge in [0.05, 0.1) is 9.95 Å². The predicted octanol–water partition coefficient (Wildman–Crippen LogP) is 4.67. The van der Waals surface area contributed by atoms with Crippen molar-refractivity contribution in [1.82, 2.24) is 0 Å². The highest BCUT2D eigenvalue weighted by atomic mass is 79.9. The SMILES string of the molecule is O=[N+]([O-])c1ccccc1CCNc1ccc(Br)c(Cl)c1. The minimum absolute atomic E-state index is 0.156. The van der Waals surface area contributed by atoms with E-state index in [4.69, 9.17) is 11.6 Å². The van der Waals surface area contributed by atoms with E-state index in [9.17, 15) is 10.1 Å². The minimum Gasteiger partial charge on any atom is -0.385 e. The number of halogens is 2. The van der Waals surface area contributed by atoms with E-state index in [-0.39, 0.29) is 10.6 Å². The summed E-state index contributed by atoms with van der Waals surface area (Å²) in [6.07, 6.45) is 0.574. The molecule has 1 N–H and O–H groups in total. The summed E-state index contributed by atoms with van der Waals surface area (Å²) in [5, 5.41) is 14.7. The third-order valence-corrected chi connectivity index (χ3v) is 4.06. The molecular formula is C14H12BrClN2O2. The van der Waals surface area contributed by atoms with Crippen molar-refractivity contribution in [2.24, 2.45) is 0 Å². The van der Waals surface area contributed by atoms with Gasteiger partial charge in [0.2, 0.25) is 0 Å². The predicted molar refractivity (Wildman–Crippen MR) is 84.4 cm³/mol. The van der Waals surface area contributed by atoms with E-state index < -0.39 is 0 Å². The number of para-hydroxylation sites is 1. The summed E-state index contributed by atoms with van der Waals surface area (Å²) in [5.41, 5.74) is 1.76. The molecule has 2 aromatic rings. The van der Waals surface area contributed by atoms with Crippen LogP contribution in [0.25, 0.3) is 0 Å². The number of nitrogens with one attached hydrogen (secondary N) is 1. The van der Waals surface area contributed by atoms with E-state index in [2.05, 4.69) is 21.2 Å². The molecule has 0 saturated heterocycles. The molecule has 0 aromatic heterocycles. The van der Waals surface area contributed by atoms with E-state index >= 15 is 0 Å². The Balaban J connectivity index is 1.99. The summed E-state index contributed by atoms with van der Waals surface area (Å²) in [6.45, 7) is 0.600. The maximum atomic E-state index is 10.9. The van der Waals surface area contributed by atoms with Crippen LogP contribution in [0.1, 0.15) is 5.56 Å². The molecule has 0 fully saturated rings. The molecule has 2 rings (SSSR count).